The summed E-state index contributed by atoms with van der Waals surface area (Å²) in [4.78, 5) is 25.1. The monoisotopic (exact) mass is 270 g/mol. The number of carbonyl (C=O) groups is 2. The van der Waals surface area contributed by atoms with Gasteiger partial charge in [-0.05, 0) is 31.8 Å². The number of carboxylic acids is 1. The summed E-state index contributed by atoms with van der Waals surface area (Å²) in [6.45, 7) is 9.29. The van der Waals surface area contributed by atoms with E-state index in [0.29, 0.717) is 12.5 Å². The Kier molecular flexibility index (Phi) is 6.28. The van der Waals surface area contributed by atoms with Crippen LogP contribution in [0.1, 0.15) is 33.6 Å². The molecule has 1 heterocycles. The van der Waals surface area contributed by atoms with E-state index in [9.17, 15) is 9.59 Å². The zero-order valence-corrected chi connectivity index (χ0v) is 12.2. The highest BCUT2D eigenvalue weighted by Crippen LogP contribution is 2.12. The Morgan fingerprint density at radius 1 is 1.16 bits per heavy atom. The molecule has 0 aromatic carbocycles. The van der Waals surface area contributed by atoms with Crippen molar-refractivity contribution in [2.24, 2.45) is 17.8 Å². The van der Waals surface area contributed by atoms with Crippen LogP contribution in [0.15, 0.2) is 0 Å². The van der Waals surface area contributed by atoms with Crippen LogP contribution in [0.25, 0.3) is 0 Å². The molecule has 1 fully saturated rings. The average molecular weight is 270 g/mol. The number of aliphatic carboxylic acids is 1. The number of likely N-dealkylation sites (tertiary alicyclic amines) is 1. The van der Waals surface area contributed by atoms with Gasteiger partial charge in [0, 0.05) is 19.0 Å². The maximum absolute atomic E-state index is 11.8. The van der Waals surface area contributed by atoms with Gasteiger partial charge >= 0.3 is 5.97 Å². The van der Waals surface area contributed by atoms with Crippen LogP contribution in [0.4, 0.5) is 0 Å². The first-order valence-corrected chi connectivity index (χ1v) is 7.14. The van der Waals surface area contributed by atoms with Crippen molar-refractivity contribution >= 4 is 11.9 Å². The van der Waals surface area contributed by atoms with Gasteiger partial charge in [0.15, 0.2) is 0 Å². The second kappa shape index (κ2) is 7.48. The number of nitrogens with zero attached hydrogens (tertiary/aromatic N) is 1. The summed E-state index contributed by atoms with van der Waals surface area (Å²) >= 11 is 0. The lowest BCUT2D eigenvalue weighted by molar-refractivity contribution is -0.146. The number of rotatable bonds is 7. The second-order valence-electron chi connectivity index (χ2n) is 5.77. The third kappa shape index (κ3) is 5.19. The molecule has 1 saturated heterocycles. The topological polar surface area (TPSA) is 69.6 Å². The molecule has 2 N–H and O–H groups in total. The quantitative estimate of drug-likeness (QED) is 0.729. The predicted molar refractivity (Wildman–Crippen MR) is 73.8 cm³/mol. The maximum Gasteiger partial charge on any atom is 0.307 e. The van der Waals surface area contributed by atoms with Crippen molar-refractivity contribution in [2.45, 2.75) is 33.6 Å². The summed E-state index contributed by atoms with van der Waals surface area (Å²) in [5.74, 6) is -1.82. The number of amides is 1. The molecule has 5 heteroatoms. The molecular formula is C14H26N2O3. The van der Waals surface area contributed by atoms with Gasteiger partial charge in [0.05, 0.1) is 5.92 Å². The molecule has 5 nitrogen and oxygen atoms in total. The van der Waals surface area contributed by atoms with Gasteiger partial charge in [0.25, 0.3) is 0 Å². The Hall–Kier alpha value is -1.10. The molecule has 19 heavy (non-hydrogen) atoms. The number of hydrogen-bond acceptors (Lipinski definition) is 3. The Balaban J connectivity index is 2.26. The molecule has 0 radical (unpaired) electrons. The van der Waals surface area contributed by atoms with Gasteiger partial charge < -0.3 is 15.3 Å². The highest BCUT2D eigenvalue weighted by atomic mass is 16.4. The summed E-state index contributed by atoms with van der Waals surface area (Å²) in [5, 5.41) is 11.7. The fraction of sp³-hybridized carbons (Fsp3) is 0.857. The van der Waals surface area contributed by atoms with Crippen molar-refractivity contribution in [1.29, 1.82) is 0 Å². The molecule has 3 unspecified atom stereocenters. The van der Waals surface area contributed by atoms with E-state index < -0.39 is 17.8 Å². The third-order valence-electron chi connectivity index (χ3n) is 3.95. The molecule has 0 spiro atoms. The predicted octanol–water partition coefficient (Wildman–Crippen LogP) is 1.19. The van der Waals surface area contributed by atoms with Crippen LogP contribution >= 0.6 is 0 Å². The van der Waals surface area contributed by atoms with E-state index in [1.807, 2.05) is 0 Å². The summed E-state index contributed by atoms with van der Waals surface area (Å²) in [7, 11) is 0. The summed E-state index contributed by atoms with van der Waals surface area (Å²) in [5.41, 5.74) is 0. The highest BCUT2D eigenvalue weighted by molar-refractivity contribution is 5.84. The summed E-state index contributed by atoms with van der Waals surface area (Å²) in [6, 6.07) is 0. The minimum absolute atomic E-state index is 0.164. The van der Waals surface area contributed by atoms with Crippen LogP contribution in [-0.4, -0.2) is 48.1 Å². The van der Waals surface area contributed by atoms with Crippen molar-refractivity contribution in [2.75, 3.05) is 26.2 Å². The molecule has 0 saturated carbocycles. The molecule has 1 aliphatic rings. The van der Waals surface area contributed by atoms with Gasteiger partial charge in [-0.25, -0.2) is 0 Å². The molecule has 1 amide bonds. The Bertz CT molecular complexity index is 314. The zero-order valence-electron chi connectivity index (χ0n) is 12.2. The van der Waals surface area contributed by atoms with E-state index in [4.69, 9.17) is 5.11 Å². The number of nitrogens with one attached hydrogen (secondary N) is 1. The minimum atomic E-state index is -0.923. The van der Waals surface area contributed by atoms with E-state index in [2.05, 4.69) is 17.1 Å². The normalized spacial score (nSPS) is 20.8. The summed E-state index contributed by atoms with van der Waals surface area (Å²) < 4.78 is 0. The van der Waals surface area contributed by atoms with Crippen LogP contribution in [0.2, 0.25) is 0 Å². The van der Waals surface area contributed by atoms with Crippen LogP contribution in [0.5, 0.6) is 0 Å². The molecule has 110 valence electrons. The van der Waals surface area contributed by atoms with Gasteiger partial charge in [0.1, 0.15) is 0 Å². The van der Waals surface area contributed by atoms with E-state index in [0.717, 1.165) is 19.6 Å². The first-order chi connectivity index (χ1) is 8.91. The first kappa shape index (κ1) is 16.0. The largest absolute Gasteiger partial charge is 0.481 e. The molecule has 0 aliphatic carbocycles. The number of hydrogen-bond donors (Lipinski definition) is 2. The van der Waals surface area contributed by atoms with Crippen molar-refractivity contribution in [3.63, 3.8) is 0 Å². The van der Waals surface area contributed by atoms with E-state index in [-0.39, 0.29) is 5.91 Å². The lowest BCUT2D eigenvalue weighted by Gasteiger charge is -2.22. The Labute approximate surface area is 115 Å². The lowest BCUT2D eigenvalue weighted by atomic mass is 9.95. The maximum atomic E-state index is 11.8. The van der Waals surface area contributed by atoms with Crippen LogP contribution in [-0.2, 0) is 9.59 Å². The molecule has 3 atom stereocenters. The van der Waals surface area contributed by atoms with E-state index >= 15 is 0 Å². The Morgan fingerprint density at radius 3 is 2.26 bits per heavy atom. The fourth-order valence-corrected chi connectivity index (χ4v) is 2.35. The van der Waals surface area contributed by atoms with Crippen molar-refractivity contribution < 1.29 is 14.7 Å². The van der Waals surface area contributed by atoms with Crippen molar-refractivity contribution in [3.8, 4) is 0 Å². The average Bonchev–Trinajstić information content (AvgIpc) is 2.86. The lowest BCUT2D eigenvalue weighted by Crippen LogP contribution is -2.39. The smallest absolute Gasteiger partial charge is 0.307 e. The van der Waals surface area contributed by atoms with Gasteiger partial charge in [-0.15, -0.1) is 0 Å². The van der Waals surface area contributed by atoms with Crippen LogP contribution in [0.3, 0.4) is 0 Å². The van der Waals surface area contributed by atoms with Crippen molar-refractivity contribution in [3.05, 3.63) is 0 Å². The highest BCUT2D eigenvalue weighted by Gasteiger charge is 2.25. The molecule has 0 bridgehead atoms. The van der Waals surface area contributed by atoms with Crippen LogP contribution in [0, 0.1) is 17.8 Å². The van der Waals surface area contributed by atoms with E-state index in [1.54, 1.807) is 13.8 Å². The fourth-order valence-electron chi connectivity index (χ4n) is 2.35. The number of carbonyl (C=O) groups excluding carboxylic acids is 1. The summed E-state index contributed by atoms with van der Waals surface area (Å²) in [6.07, 6.45) is 2.54. The third-order valence-corrected chi connectivity index (χ3v) is 3.95. The molecule has 0 aromatic rings. The molecule has 1 rings (SSSR count). The molecular weight excluding hydrogens is 244 g/mol. The van der Waals surface area contributed by atoms with Crippen molar-refractivity contribution in [1.82, 2.24) is 10.2 Å². The zero-order chi connectivity index (χ0) is 14.4. The van der Waals surface area contributed by atoms with Crippen LogP contribution < -0.4 is 5.32 Å². The minimum Gasteiger partial charge on any atom is -0.481 e. The van der Waals surface area contributed by atoms with Gasteiger partial charge in [0.2, 0.25) is 5.91 Å². The standard InChI is InChI=1S/C14H26N2O3/c1-10(9-16-6-4-5-7-16)8-15-13(17)11(2)12(3)14(18)19/h10-12H,4-9H2,1-3H3,(H,15,17)(H,18,19). The van der Waals surface area contributed by atoms with E-state index in [1.165, 1.54) is 12.8 Å². The molecule has 0 aromatic heterocycles. The SMILES string of the molecule is CC(CNC(=O)C(C)C(C)C(=O)O)CN1CCCC1. The molecule has 1 aliphatic heterocycles. The first-order valence-electron chi connectivity index (χ1n) is 7.14. The number of carboxylic acid groups (broad SMARTS) is 1. The van der Waals surface area contributed by atoms with Gasteiger partial charge in [-0.3, -0.25) is 9.59 Å². The van der Waals surface area contributed by atoms with Gasteiger partial charge in [-0.1, -0.05) is 20.8 Å². The van der Waals surface area contributed by atoms with Gasteiger partial charge in [-0.2, -0.15) is 0 Å². The second-order valence-corrected chi connectivity index (χ2v) is 5.77. The Morgan fingerprint density at radius 2 is 1.74 bits per heavy atom.